The Morgan fingerprint density at radius 1 is 0.458 bits per heavy atom. The van der Waals surface area contributed by atoms with Gasteiger partial charge in [0.2, 0.25) is 0 Å². The summed E-state index contributed by atoms with van der Waals surface area (Å²) in [6, 6.07) is 22.0. The van der Waals surface area contributed by atoms with Crippen molar-refractivity contribution in [3.05, 3.63) is 72.8 Å². The lowest BCUT2D eigenvalue weighted by molar-refractivity contribution is 0.421. The summed E-state index contributed by atoms with van der Waals surface area (Å²) in [5.41, 5.74) is 13.0. The van der Waals surface area contributed by atoms with Crippen molar-refractivity contribution in [2.24, 2.45) is 0 Å². The first-order valence-corrected chi connectivity index (χ1v) is 6.88. The molecule has 0 aliphatic heterocycles. The van der Waals surface area contributed by atoms with Gasteiger partial charge in [-0.3, -0.25) is 0 Å². The van der Waals surface area contributed by atoms with Gasteiger partial charge in [-0.15, -0.1) is 0 Å². The molecule has 0 amide bonds. The van der Waals surface area contributed by atoms with Crippen LogP contribution in [-0.2, 0) is 0 Å². The molecule has 126 valence electrons. The van der Waals surface area contributed by atoms with Crippen molar-refractivity contribution < 1.29 is 9.47 Å². The van der Waals surface area contributed by atoms with Gasteiger partial charge < -0.3 is 33.2 Å². The number of benzene rings is 3. The van der Waals surface area contributed by atoms with Crippen molar-refractivity contribution in [2.75, 3.05) is 11.5 Å². The van der Waals surface area contributed by atoms with E-state index in [1.54, 1.807) is 12.1 Å². The van der Waals surface area contributed by atoms with Crippen molar-refractivity contribution in [2.45, 2.75) is 0 Å². The average molecular weight is 326 g/mol. The molecular formula is C18H22N4O2. The Morgan fingerprint density at radius 2 is 0.750 bits per heavy atom. The van der Waals surface area contributed by atoms with Crippen LogP contribution in [0.2, 0.25) is 0 Å². The van der Waals surface area contributed by atoms with Gasteiger partial charge >= 0.3 is 0 Å². The Morgan fingerprint density at radius 3 is 1.08 bits per heavy atom. The quantitative estimate of drug-likeness (QED) is 0.509. The van der Waals surface area contributed by atoms with Crippen molar-refractivity contribution in [1.82, 2.24) is 12.3 Å². The van der Waals surface area contributed by atoms with Crippen molar-refractivity contribution in [3.63, 3.8) is 0 Å². The molecule has 6 nitrogen and oxygen atoms in total. The second-order valence-electron chi connectivity index (χ2n) is 4.73. The van der Waals surface area contributed by atoms with E-state index in [0.29, 0.717) is 34.4 Å². The van der Waals surface area contributed by atoms with Crippen LogP contribution in [0, 0.1) is 0 Å². The van der Waals surface area contributed by atoms with Gasteiger partial charge in [0.05, 0.1) is 11.4 Å². The fourth-order valence-corrected chi connectivity index (χ4v) is 2.00. The summed E-state index contributed by atoms with van der Waals surface area (Å²) in [5, 5.41) is 0. The molecule has 0 saturated carbocycles. The van der Waals surface area contributed by atoms with Crippen LogP contribution in [0.4, 0.5) is 11.4 Å². The van der Waals surface area contributed by atoms with Gasteiger partial charge in [0, 0.05) is 0 Å². The van der Waals surface area contributed by atoms with Gasteiger partial charge in [-0.2, -0.15) is 0 Å². The molecule has 0 aromatic heterocycles. The molecule has 0 atom stereocenters. The molecule has 3 aromatic carbocycles. The molecule has 10 N–H and O–H groups in total. The maximum Gasteiger partial charge on any atom is 0.170 e. The molecule has 0 aliphatic carbocycles. The molecule has 0 heterocycles. The topological polar surface area (TPSA) is 140 Å². The van der Waals surface area contributed by atoms with Gasteiger partial charge in [0.25, 0.3) is 0 Å². The summed E-state index contributed by atoms with van der Waals surface area (Å²) in [4.78, 5) is 0. The third-order valence-electron chi connectivity index (χ3n) is 3.13. The SMILES string of the molecule is N.N.Nc1ccccc1Oc1ccccc1Oc1ccccc1N. The molecule has 3 rings (SSSR count). The first-order valence-electron chi connectivity index (χ1n) is 6.88. The molecule has 24 heavy (non-hydrogen) atoms. The van der Waals surface area contributed by atoms with Crippen LogP contribution in [0.25, 0.3) is 0 Å². The van der Waals surface area contributed by atoms with Crippen LogP contribution < -0.4 is 33.2 Å². The minimum Gasteiger partial charge on any atom is -0.451 e. The van der Waals surface area contributed by atoms with E-state index in [1.165, 1.54) is 0 Å². The summed E-state index contributed by atoms with van der Waals surface area (Å²) in [7, 11) is 0. The molecule has 0 radical (unpaired) electrons. The number of hydrogen-bond donors (Lipinski definition) is 4. The van der Waals surface area contributed by atoms with Gasteiger partial charge in [0.15, 0.2) is 23.0 Å². The smallest absolute Gasteiger partial charge is 0.170 e. The average Bonchev–Trinajstić information content (AvgIpc) is 2.53. The Hall–Kier alpha value is -3.22. The minimum absolute atomic E-state index is 0. The molecule has 6 heteroatoms. The monoisotopic (exact) mass is 326 g/mol. The Balaban J connectivity index is 0.00000144. The fraction of sp³-hybridized carbons (Fsp3) is 0. The van der Waals surface area contributed by atoms with Crippen LogP contribution in [0.5, 0.6) is 23.0 Å². The van der Waals surface area contributed by atoms with E-state index >= 15 is 0 Å². The Labute approximate surface area is 141 Å². The number of hydrogen-bond acceptors (Lipinski definition) is 6. The van der Waals surface area contributed by atoms with Gasteiger partial charge in [-0.1, -0.05) is 36.4 Å². The van der Waals surface area contributed by atoms with E-state index in [4.69, 9.17) is 20.9 Å². The lowest BCUT2D eigenvalue weighted by Gasteiger charge is -2.14. The highest BCUT2D eigenvalue weighted by molar-refractivity contribution is 5.57. The molecule has 0 bridgehead atoms. The van der Waals surface area contributed by atoms with Gasteiger partial charge in [0.1, 0.15) is 0 Å². The predicted octanol–water partition coefficient (Wildman–Crippen LogP) is 4.76. The third kappa shape index (κ3) is 4.16. The summed E-state index contributed by atoms with van der Waals surface area (Å²) in [6.45, 7) is 0. The Kier molecular flexibility index (Phi) is 6.61. The number of para-hydroxylation sites is 6. The van der Waals surface area contributed by atoms with E-state index in [2.05, 4.69) is 0 Å². The normalized spacial score (nSPS) is 9.33. The van der Waals surface area contributed by atoms with E-state index in [1.807, 2.05) is 60.7 Å². The molecule has 0 aliphatic rings. The maximum absolute atomic E-state index is 5.91. The largest absolute Gasteiger partial charge is 0.451 e. The molecule has 0 spiro atoms. The fourth-order valence-electron chi connectivity index (χ4n) is 2.00. The number of anilines is 2. The third-order valence-corrected chi connectivity index (χ3v) is 3.13. The second-order valence-corrected chi connectivity index (χ2v) is 4.73. The standard InChI is InChI=1S/C18H16N2O2.2H3N/c19-13-7-1-3-9-15(13)21-17-11-5-6-12-18(17)22-16-10-4-2-8-14(16)20;;/h1-12H,19-20H2;2*1H3. The highest BCUT2D eigenvalue weighted by atomic mass is 16.5. The lowest BCUT2D eigenvalue weighted by atomic mass is 10.2. The van der Waals surface area contributed by atoms with E-state index in [-0.39, 0.29) is 12.3 Å². The van der Waals surface area contributed by atoms with Crippen LogP contribution in [0.3, 0.4) is 0 Å². The summed E-state index contributed by atoms with van der Waals surface area (Å²) < 4.78 is 11.7. The van der Waals surface area contributed by atoms with Crippen LogP contribution in [0.1, 0.15) is 0 Å². The minimum atomic E-state index is 0. The molecule has 0 unspecified atom stereocenters. The highest BCUT2D eigenvalue weighted by Gasteiger charge is 2.09. The molecule has 3 aromatic rings. The predicted molar refractivity (Wildman–Crippen MR) is 98.3 cm³/mol. The van der Waals surface area contributed by atoms with E-state index in [9.17, 15) is 0 Å². The molecule has 0 fully saturated rings. The second kappa shape index (κ2) is 8.42. The van der Waals surface area contributed by atoms with Crippen molar-refractivity contribution in [3.8, 4) is 23.0 Å². The van der Waals surface area contributed by atoms with Gasteiger partial charge in [-0.05, 0) is 36.4 Å². The summed E-state index contributed by atoms with van der Waals surface area (Å²) >= 11 is 0. The van der Waals surface area contributed by atoms with Crippen LogP contribution >= 0.6 is 0 Å². The summed E-state index contributed by atoms with van der Waals surface area (Å²) in [5.74, 6) is 2.31. The lowest BCUT2D eigenvalue weighted by Crippen LogP contribution is -1.95. The first-order chi connectivity index (χ1) is 10.7. The Bertz CT molecular complexity index is 727. The number of rotatable bonds is 4. The maximum atomic E-state index is 5.91. The molecular weight excluding hydrogens is 304 g/mol. The van der Waals surface area contributed by atoms with Crippen LogP contribution in [-0.4, -0.2) is 0 Å². The number of ether oxygens (including phenoxy) is 2. The zero-order chi connectivity index (χ0) is 15.4. The van der Waals surface area contributed by atoms with E-state index in [0.717, 1.165) is 0 Å². The first kappa shape index (κ1) is 18.8. The van der Waals surface area contributed by atoms with Gasteiger partial charge in [-0.25, -0.2) is 0 Å². The highest BCUT2D eigenvalue weighted by Crippen LogP contribution is 2.37. The molecule has 0 saturated heterocycles. The van der Waals surface area contributed by atoms with E-state index < -0.39 is 0 Å². The number of nitrogens with two attached hydrogens (primary N) is 2. The zero-order valence-electron chi connectivity index (χ0n) is 13.3. The number of nitrogen functional groups attached to an aromatic ring is 2. The summed E-state index contributed by atoms with van der Waals surface area (Å²) in [6.07, 6.45) is 0. The zero-order valence-corrected chi connectivity index (χ0v) is 13.3. The van der Waals surface area contributed by atoms with Crippen LogP contribution in [0.15, 0.2) is 72.8 Å². The van der Waals surface area contributed by atoms with Crippen molar-refractivity contribution >= 4 is 11.4 Å². The van der Waals surface area contributed by atoms with Crippen molar-refractivity contribution in [1.29, 1.82) is 0 Å².